The molecule has 1 atom stereocenters. The maximum absolute atomic E-state index is 13.3. The van der Waals surface area contributed by atoms with Gasteiger partial charge in [0, 0.05) is 36.4 Å². The first-order valence-corrected chi connectivity index (χ1v) is 11.5. The molecule has 1 aliphatic heterocycles. The molecular weight excluding hydrogens is 348 g/mol. The average molecular weight is 385 g/mol. The van der Waals surface area contributed by atoms with E-state index in [1.165, 1.54) is 56.2 Å². The van der Waals surface area contributed by atoms with Gasteiger partial charge in [0.15, 0.2) is 5.69 Å². The fourth-order valence-electron chi connectivity index (χ4n) is 5.30. The van der Waals surface area contributed by atoms with E-state index in [4.69, 9.17) is 5.10 Å². The van der Waals surface area contributed by atoms with Gasteiger partial charge in [-0.3, -0.25) is 9.48 Å². The Balaban J connectivity index is 1.53. The minimum absolute atomic E-state index is 0.152. The van der Waals surface area contributed by atoms with Crippen molar-refractivity contribution in [1.82, 2.24) is 20.0 Å². The molecule has 3 aliphatic rings. The summed E-state index contributed by atoms with van der Waals surface area (Å²) >= 11 is 0. The number of amides is 1. The monoisotopic (exact) mass is 384 g/mol. The van der Waals surface area contributed by atoms with Crippen LogP contribution in [0.2, 0.25) is 0 Å². The van der Waals surface area contributed by atoms with Gasteiger partial charge in [0.25, 0.3) is 5.91 Å². The lowest BCUT2D eigenvalue weighted by Gasteiger charge is -2.31. The number of carbonyl (C=O) groups is 1. The Morgan fingerprint density at radius 3 is 2.46 bits per heavy atom. The Hall–Kier alpha value is -1.62. The number of hydrogen-bond acceptors (Lipinski definition) is 3. The van der Waals surface area contributed by atoms with E-state index in [1.54, 1.807) is 0 Å². The van der Waals surface area contributed by atoms with Crippen LogP contribution in [-0.2, 0) is 19.4 Å². The number of allylic oxidation sites excluding steroid dienone is 1. The molecule has 5 nitrogen and oxygen atoms in total. The van der Waals surface area contributed by atoms with Crippen LogP contribution in [0.25, 0.3) is 0 Å². The van der Waals surface area contributed by atoms with E-state index in [2.05, 4.69) is 11.9 Å². The van der Waals surface area contributed by atoms with Crippen LogP contribution in [0.3, 0.4) is 0 Å². The molecule has 1 aromatic heterocycles. The van der Waals surface area contributed by atoms with Gasteiger partial charge in [-0.15, -0.1) is 6.58 Å². The standard InChI is InChI=1S/C23H36N4O/c1-2-14-27-21-13-12-19(24-18-10-6-5-7-11-18)17-20(21)22(25-27)23(28)26-15-8-3-4-9-16-26/h2,18-19,24H,1,3-17H2. The topological polar surface area (TPSA) is 50.2 Å². The predicted molar refractivity (Wildman–Crippen MR) is 113 cm³/mol. The Morgan fingerprint density at radius 2 is 1.75 bits per heavy atom. The van der Waals surface area contributed by atoms with E-state index < -0.39 is 0 Å². The number of hydrogen-bond donors (Lipinski definition) is 1. The lowest BCUT2D eigenvalue weighted by atomic mass is 9.88. The van der Waals surface area contributed by atoms with Crippen molar-refractivity contribution in [3.8, 4) is 0 Å². The summed E-state index contributed by atoms with van der Waals surface area (Å²) in [4.78, 5) is 15.4. The van der Waals surface area contributed by atoms with Gasteiger partial charge in [0.05, 0.1) is 6.54 Å². The molecule has 0 spiro atoms. The van der Waals surface area contributed by atoms with Crippen molar-refractivity contribution in [2.24, 2.45) is 0 Å². The normalized spacial score (nSPS) is 23.9. The largest absolute Gasteiger partial charge is 0.337 e. The maximum atomic E-state index is 13.3. The third-order valence-corrected chi connectivity index (χ3v) is 6.82. The Labute approximate surface area is 169 Å². The van der Waals surface area contributed by atoms with Gasteiger partial charge in [-0.05, 0) is 44.9 Å². The summed E-state index contributed by atoms with van der Waals surface area (Å²) in [5.41, 5.74) is 3.18. The predicted octanol–water partition coefficient (Wildman–Crippen LogP) is 3.86. The second-order valence-corrected chi connectivity index (χ2v) is 8.89. The summed E-state index contributed by atoms with van der Waals surface area (Å²) < 4.78 is 2.03. The SMILES string of the molecule is C=CCn1nc(C(=O)N2CCCCCC2)c2c1CCC(NC1CCCCC1)C2. The van der Waals surface area contributed by atoms with Gasteiger partial charge in [-0.25, -0.2) is 0 Å². The van der Waals surface area contributed by atoms with Gasteiger partial charge in [0.2, 0.25) is 0 Å². The van der Waals surface area contributed by atoms with Crippen LogP contribution in [0.5, 0.6) is 0 Å². The number of nitrogens with one attached hydrogen (secondary N) is 1. The van der Waals surface area contributed by atoms with E-state index in [-0.39, 0.29) is 5.91 Å². The van der Waals surface area contributed by atoms with E-state index in [0.29, 0.717) is 24.3 Å². The van der Waals surface area contributed by atoms with Crippen molar-refractivity contribution in [3.63, 3.8) is 0 Å². The van der Waals surface area contributed by atoms with Crippen molar-refractivity contribution in [2.75, 3.05) is 13.1 Å². The van der Waals surface area contributed by atoms with Crippen LogP contribution in [0.1, 0.15) is 86.0 Å². The van der Waals surface area contributed by atoms with E-state index >= 15 is 0 Å². The molecule has 1 aromatic rings. The van der Waals surface area contributed by atoms with E-state index in [0.717, 1.165) is 45.2 Å². The van der Waals surface area contributed by atoms with Crippen LogP contribution in [-0.4, -0.2) is 45.8 Å². The van der Waals surface area contributed by atoms with Crippen LogP contribution >= 0.6 is 0 Å². The highest BCUT2D eigenvalue weighted by Crippen LogP contribution is 2.28. The van der Waals surface area contributed by atoms with Crippen LogP contribution in [0.4, 0.5) is 0 Å². The van der Waals surface area contributed by atoms with Crippen LogP contribution < -0.4 is 5.32 Å². The summed E-state index contributed by atoms with van der Waals surface area (Å²) in [5.74, 6) is 0.152. The lowest BCUT2D eigenvalue weighted by molar-refractivity contribution is 0.0753. The Kier molecular flexibility index (Phi) is 6.50. The Morgan fingerprint density at radius 1 is 1.04 bits per heavy atom. The van der Waals surface area contributed by atoms with Gasteiger partial charge >= 0.3 is 0 Å². The molecule has 2 aliphatic carbocycles. The zero-order valence-corrected chi connectivity index (χ0v) is 17.3. The summed E-state index contributed by atoms with van der Waals surface area (Å²) in [7, 11) is 0. The number of likely N-dealkylation sites (tertiary alicyclic amines) is 1. The summed E-state index contributed by atoms with van der Waals surface area (Å²) in [6, 6.07) is 1.14. The maximum Gasteiger partial charge on any atom is 0.274 e. The second-order valence-electron chi connectivity index (χ2n) is 8.89. The fraction of sp³-hybridized carbons (Fsp3) is 0.739. The molecule has 1 saturated heterocycles. The molecular formula is C23H36N4O. The van der Waals surface area contributed by atoms with Crippen molar-refractivity contribution in [2.45, 2.75) is 95.7 Å². The zero-order chi connectivity index (χ0) is 19.3. The molecule has 28 heavy (non-hydrogen) atoms. The third-order valence-electron chi connectivity index (χ3n) is 6.82. The molecule has 1 saturated carbocycles. The smallest absolute Gasteiger partial charge is 0.274 e. The zero-order valence-electron chi connectivity index (χ0n) is 17.3. The van der Waals surface area contributed by atoms with Crippen LogP contribution in [0.15, 0.2) is 12.7 Å². The molecule has 4 rings (SSSR count). The van der Waals surface area contributed by atoms with E-state index in [9.17, 15) is 4.79 Å². The molecule has 1 amide bonds. The van der Waals surface area contributed by atoms with Crippen molar-refractivity contribution in [1.29, 1.82) is 0 Å². The summed E-state index contributed by atoms with van der Waals surface area (Å²) in [6.45, 7) is 6.34. The molecule has 1 unspecified atom stereocenters. The van der Waals surface area contributed by atoms with Gasteiger partial charge in [0.1, 0.15) is 0 Å². The van der Waals surface area contributed by atoms with Gasteiger partial charge < -0.3 is 10.2 Å². The third kappa shape index (κ3) is 4.35. The molecule has 0 radical (unpaired) electrons. The number of nitrogens with zero attached hydrogens (tertiary/aromatic N) is 3. The highest BCUT2D eigenvalue weighted by molar-refractivity contribution is 5.94. The highest BCUT2D eigenvalue weighted by Gasteiger charge is 2.32. The summed E-state index contributed by atoms with van der Waals surface area (Å²) in [6.07, 6.45) is 16.4. The van der Waals surface area contributed by atoms with E-state index in [1.807, 2.05) is 15.7 Å². The average Bonchev–Trinajstić information content (AvgIpc) is 2.89. The van der Waals surface area contributed by atoms with Crippen LogP contribution in [0, 0.1) is 0 Å². The number of fused-ring (bicyclic) bond motifs is 1. The first-order valence-electron chi connectivity index (χ1n) is 11.5. The molecule has 5 heteroatoms. The summed E-state index contributed by atoms with van der Waals surface area (Å²) in [5, 5.41) is 8.71. The quantitative estimate of drug-likeness (QED) is 0.784. The molecule has 154 valence electrons. The van der Waals surface area contributed by atoms with Gasteiger partial charge in [-0.2, -0.15) is 5.10 Å². The molecule has 2 heterocycles. The number of carbonyl (C=O) groups excluding carboxylic acids is 1. The lowest BCUT2D eigenvalue weighted by Crippen LogP contribution is -2.43. The molecule has 2 fully saturated rings. The van der Waals surface area contributed by atoms with Crippen molar-refractivity contribution >= 4 is 5.91 Å². The molecule has 1 N–H and O–H groups in total. The second kappa shape index (κ2) is 9.25. The Bertz CT molecular complexity index is 681. The minimum Gasteiger partial charge on any atom is -0.337 e. The van der Waals surface area contributed by atoms with Gasteiger partial charge in [-0.1, -0.05) is 38.2 Å². The van der Waals surface area contributed by atoms with Crippen molar-refractivity contribution in [3.05, 3.63) is 29.6 Å². The number of aromatic nitrogens is 2. The molecule has 0 bridgehead atoms. The number of rotatable bonds is 5. The minimum atomic E-state index is 0.152. The molecule has 0 aromatic carbocycles. The highest BCUT2D eigenvalue weighted by atomic mass is 16.2. The first-order chi connectivity index (χ1) is 13.8. The van der Waals surface area contributed by atoms with Crippen molar-refractivity contribution < 1.29 is 4.79 Å². The first kappa shape index (κ1) is 19.7. The fourth-order valence-corrected chi connectivity index (χ4v) is 5.30.